The number of rotatable bonds is 8. The smallest absolute Gasteiger partial charge is 0.303 e. The second-order valence-electron chi connectivity index (χ2n) is 6.26. The molecule has 1 saturated heterocycles. The molecule has 0 saturated carbocycles. The molecule has 0 aliphatic carbocycles. The third kappa shape index (κ3) is 7.68. The van der Waals surface area contributed by atoms with Gasteiger partial charge in [0.2, 0.25) is 11.8 Å². The number of carbonyl (C=O) groups is 3. The minimum Gasteiger partial charge on any atom is -0.481 e. The molecule has 0 bridgehead atoms. The normalized spacial score (nSPS) is 15.5. The van der Waals surface area contributed by atoms with E-state index in [4.69, 9.17) is 5.11 Å². The lowest BCUT2D eigenvalue weighted by molar-refractivity contribution is -0.137. The number of carboxylic acid groups (broad SMARTS) is 1. The van der Waals surface area contributed by atoms with Crippen molar-refractivity contribution in [2.75, 3.05) is 24.6 Å². The SMILES string of the molecule is CC(C)(CCC(=O)O)NC(=O)CSCC(=O)N1CCCCC1. The monoisotopic (exact) mass is 330 g/mol. The average molecular weight is 330 g/mol. The topological polar surface area (TPSA) is 86.7 Å². The molecule has 0 atom stereocenters. The van der Waals surface area contributed by atoms with E-state index >= 15 is 0 Å². The highest BCUT2D eigenvalue weighted by Gasteiger charge is 2.22. The maximum Gasteiger partial charge on any atom is 0.303 e. The molecule has 0 spiro atoms. The fourth-order valence-electron chi connectivity index (χ4n) is 2.36. The van der Waals surface area contributed by atoms with Gasteiger partial charge in [-0.1, -0.05) is 0 Å². The molecule has 0 aromatic rings. The fraction of sp³-hybridized carbons (Fsp3) is 0.800. The highest BCUT2D eigenvalue weighted by Crippen LogP contribution is 2.13. The van der Waals surface area contributed by atoms with E-state index in [1.165, 1.54) is 18.2 Å². The molecule has 6 nitrogen and oxygen atoms in total. The summed E-state index contributed by atoms with van der Waals surface area (Å²) in [6.45, 7) is 5.26. The first kappa shape index (κ1) is 18.8. The van der Waals surface area contributed by atoms with E-state index in [0.29, 0.717) is 12.2 Å². The quantitative estimate of drug-likeness (QED) is 0.704. The molecule has 1 heterocycles. The van der Waals surface area contributed by atoms with Crippen LogP contribution in [0.5, 0.6) is 0 Å². The van der Waals surface area contributed by atoms with E-state index in [2.05, 4.69) is 5.32 Å². The van der Waals surface area contributed by atoms with Gasteiger partial charge in [-0.05, 0) is 39.5 Å². The second-order valence-corrected chi connectivity index (χ2v) is 7.25. The Morgan fingerprint density at radius 3 is 2.36 bits per heavy atom. The molecule has 1 aliphatic heterocycles. The number of carboxylic acids is 1. The molecule has 0 aromatic heterocycles. The van der Waals surface area contributed by atoms with Gasteiger partial charge in [0.25, 0.3) is 0 Å². The van der Waals surface area contributed by atoms with Crippen LogP contribution in [0.3, 0.4) is 0 Å². The third-order valence-electron chi connectivity index (χ3n) is 3.61. The number of likely N-dealkylation sites (tertiary alicyclic amines) is 1. The Morgan fingerprint density at radius 1 is 1.14 bits per heavy atom. The highest BCUT2D eigenvalue weighted by molar-refractivity contribution is 8.00. The van der Waals surface area contributed by atoms with Gasteiger partial charge in [0.15, 0.2) is 0 Å². The summed E-state index contributed by atoms with van der Waals surface area (Å²) < 4.78 is 0. The van der Waals surface area contributed by atoms with Crippen LogP contribution in [0.4, 0.5) is 0 Å². The average Bonchev–Trinajstić information content (AvgIpc) is 2.45. The molecular formula is C15H26N2O4S. The van der Waals surface area contributed by atoms with Crippen LogP contribution in [-0.2, 0) is 14.4 Å². The summed E-state index contributed by atoms with van der Waals surface area (Å²) in [5, 5.41) is 11.5. The summed E-state index contributed by atoms with van der Waals surface area (Å²) in [5.74, 6) is -0.391. The van der Waals surface area contributed by atoms with Gasteiger partial charge < -0.3 is 15.3 Å². The van der Waals surface area contributed by atoms with Crippen LogP contribution in [0.2, 0.25) is 0 Å². The van der Waals surface area contributed by atoms with E-state index in [1.807, 2.05) is 4.90 Å². The van der Waals surface area contributed by atoms with Crippen LogP contribution in [0, 0.1) is 0 Å². The van der Waals surface area contributed by atoms with Crippen molar-refractivity contribution in [2.24, 2.45) is 0 Å². The van der Waals surface area contributed by atoms with Crippen LogP contribution in [0.25, 0.3) is 0 Å². The van der Waals surface area contributed by atoms with Crippen molar-refractivity contribution < 1.29 is 19.5 Å². The van der Waals surface area contributed by atoms with E-state index in [0.717, 1.165) is 25.9 Å². The summed E-state index contributed by atoms with van der Waals surface area (Å²) in [5.41, 5.74) is -0.549. The number of piperidine rings is 1. The Kier molecular flexibility index (Phi) is 7.72. The van der Waals surface area contributed by atoms with Gasteiger partial charge in [-0.2, -0.15) is 0 Å². The zero-order valence-electron chi connectivity index (χ0n) is 13.4. The summed E-state index contributed by atoms with van der Waals surface area (Å²) in [7, 11) is 0. The molecule has 126 valence electrons. The lowest BCUT2D eigenvalue weighted by atomic mass is 9.98. The van der Waals surface area contributed by atoms with Gasteiger partial charge >= 0.3 is 5.97 Å². The predicted octanol–water partition coefficient (Wildman–Crippen LogP) is 1.49. The van der Waals surface area contributed by atoms with E-state index in [9.17, 15) is 14.4 Å². The number of hydrogen-bond acceptors (Lipinski definition) is 4. The van der Waals surface area contributed by atoms with Crippen LogP contribution in [0.1, 0.15) is 46.0 Å². The van der Waals surface area contributed by atoms with Crippen LogP contribution >= 0.6 is 11.8 Å². The third-order valence-corrected chi connectivity index (χ3v) is 4.53. The number of carbonyl (C=O) groups excluding carboxylic acids is 2. The van der Waals surface area contributed by atoms with Crippen molar-refractivity contribution in [3.05, 3.63) is 0 Å². The van der Waals surface area contributed by atoms with Crippen molar-refractivity contribution in [1.82, 2.24) is 10.2 Å². The lowest BCUT2D eigenvalue weighted by Crippen LogP contribution is -2.44. The van der Waals surface area contributed by atoms with E-state index in [-0.39, 0.29) is 24.0 Å². The molecule has 0 radical (unpaired) electrons. The Bertz CT molecular complexity index is 406. The number of hydrogen-bond donors (Lipinski definition) is 2. The minimum absolute atomic E-state index is 0.0217. The second kappa shape index (κ2) is 9.02. The highest BCUT2D eigenvalue weighted by atomic mass is 32.2. The lowest BCUT2D eigenvalue weighted by Gasteiger charge is -2.27. The fourth-order valence-corrected chi connectivity index (χ4v) is 3.08. The van der Waals surface area contributed by atoms with Crippen molar-refractivity contribution in [3.63, 3.8) is 0 Å². The van der Waals surface area contributed by atoms with Gasteiger partial charge in [-0.25, -0.2) is 0 Å². The predicted molar refractivity (Wildman–Crippen MR) is 86.8 cm³/mol. The molecule has 22 heavy (non-hydrogen) atoms. The van der Waals surface area contributed by atoms with Crippen molar-refractivity contribution in [1.29, 1.82) is 0 Å². The number of aliphatic carboxylic acids is 1. The van der Waals surface area contributed by atoms with E-state index < -0.39 is 11.5 Å². The first-order valence-corrected chi connectivity index (χ1v) is 8.84. The molecule has 1 rings (SSSR count). The zero-order chi connectivity index (χ0) is 16.6. The largest absolute Gasteiger partial charge is 0.481 e. The molecule has 0 unspecified atom stereocenters. The maximum atomic E-state index is 12.0. The molecule has 7 heteroatoms. The number of nitrogens with one attached hydrogen (secondary N) is 1. The van der Waals surface area contributed by atoms with Crippen molar-refractivity contribution >= 4 is 29.5 Å². The van der Waals surface area contributed by atoms with Crippen LogP contribution < -0.4 is 5.32 Å². The van der Waals surface area contributed by atoms with Gasteiger partial charge in [0, 0.05) is 25.0 Å². The molecule has 0 aromatic carbocycles. The van der Waals surface area contributed by atoms with E-state index in [1.54, 1.807) is 13.8 Å². The molecule has 1 aliphatic rings. The molecule has 1 fully saturated rings. The van der Waals surface area contributed by atoms with Crippen molar-refractivity contribution in [2.45, 2.75) is 51.5 Å². The summed E-state index contributed by atoms with van der Waals surface area (Å²) >= 11 is 1.31. The molecular weight excluding hydrogens is 304 g/mol. The van der Waals surface area contributed by atoms with Gasteiger partial charge in [-0.3, -0.25) is 14.4 Å². The summed E-state index contributed by atoms with van der Waals surface area (Å²) in [6, 6.07) is 0. The summed E-state index contributed by atoms with van der Waals surface area (Å²) in [4.78, 5) is 36.2. The Labute approximate surface area is 136 Å². The summed E-state index contributed by atoms with van der Waals surface area (Å²) in [6.07, 6.45) is 3.72. The first-order chi connectivity index (χ1) is 10.3. The van der Waals surface area contributed by atoms with Crippen LogP contribution in [0.15, 0.2) is 0 Å². The Morgan fingerprint density at radius 2 is 1.77 bits per heavy atom. The maximum absolute atomic E-state index is 12.0. The van der Waals surface area contributed by atoms with Crippen molar-refractivity contribution in [3.8, 4) is 0 Å². The number of amides is 2. The molecule has 2 amide bonds. The Hall–Kier alpha value is -1.24. The number of nitrogens with zero attached hydrogens (tertiary/aromatic N) is 1. The van der Waals surface area contributed by atoms with Gasteiger partial charge in [0.1, 0.15) is 0 Å². The first-order valence-electron chi connectivity index (χ1n) is 7.68. The van der Waals surface area contributed by atoms with Gasteiger partial charge in [0.05, 0.1) is 11.5 Å². The number of thioether (sulfide) groups is 1. The van der Waals surface area contributed by atoms with Gasteiger partial charge in [-0.15, -0.1) is 11.8 Å². The zero-order valence-corrected chi connectivity index (χ0v) is 14.2. The Balaban J connectivity index is 2.21. The van der Waals surface area contributed by atoms with Crippen LogP contribution in [-0.4, -0.2) is 57.9 Å². The molecule has 2 N–H and O–H groups in total. The minimum atomic E-state index is -0.871. The standard InChI is InChI=1S/C15H26N2O4S/c1-15(2,7-6-14(20)21)16-12(18)10-22-11-13(19)17-8-4-3-5-9-17/h3-11H2,1-2H3,(H,16,18)(H,20,21).